The van der Waals surface area contributed by atoms with E-state index in [1.54, 1.807) is 17.0 Å². The van der Waals surface area contributed by atoms with Crippen molar-refractivity contribution in [3.05, 3.63) is 65.5 Å². The van der Waals surface area contributed by atoms with Crippen molar-refractivity contribution in [2.45, 2.75) is 46.6 Å². The number of hydrogen-bond donors (Lipinski definition) is 2. The van der Waals surface area contributed by atoms with E-state index in [1.807, 2.05) is 31.2 Å². The highest BCUT2D eigenvalue weighted by Gasteiger charge is 2.17. The summed E-state index contributed by atoms with van der Waals surface area (Å²) < 4.78 is 13.4. The van der Waals surface area contributed by atoms with E-state index in [0.29, 0.717) is 11.3 Å². The molecule has 0 spiro atoms. The second kappa shape index (κ2) is 10.5. The average molecular weight is 423 g/mol. The molecule has 0 aliphatic carbocycles. The van der Waals surface area contributed by atoms with Gasteiger partial charge in [0.25, 0.3) is 5.91 Å². The molecule has 4 nitrogen and oxygen atoms in total. The summed E-state index contributed by atoms with van der Waals surface area (Å²) in [6.07, 6.45) is 2.03. The van der Waals surface area contributed by atoms with E-state index >= 15 is 0 Å². The Balaban J connectivity index is 1.84. The smallest absolute Gasteiger partial charge is 0.252 e. The lowest BCUT2D eigenvalue weighted by Gasteiger charge is -2.18. The number of aryl methyl sites for hydroxylation is 1. The zero-order valence-electron chi connectivity index (χ0n) is 19.0. The van der Waals surface area contributed by atoms with Crippen LogP contribution in [0.15, 0.2) is 48.5 Å². The number of carbonyl (C=O) groups excluding carboxylic acids is 1. The molecule has 1 aromatic heterocycles. The van der Waals surface area contributed by atoms with Crippen LogP contribution in [0, 0.1) is 12.7 Å². The molecule has 0 radical (unpaired) electrons. The molecule has 0 bridgehead atoms. The molecule has 0 saturated heterocycles. The SMILES string of the molecule is CC[NH+](CC)CCC[C@@H](C)NC(=O)c1cc(-c2ccc(F)cc2)nc2ccc(C)cc12. The Hall–Kier alpha value is -2.79. The Kier molecular flexibility index (Phi) is 7.75. The number of nitrogens with zero attached hydrogens (tertiary/aromatic N) is 1. The number of halogens is 1. The van der Waals surface area contributed by atoms with Crippen LogP contribution in [-0.2, 0) is 0 Å². The minimum atomic E-state index is -0.293. The molecule has 2 aromatic carbocycles. The van der Waals surface area contributed by atoms with Gasteiger partial charge in [0.2, 0.25) is 0 Å². The van der Waals surface area contributed by atoms with Gasteiger partial charge in [-0.2, -0.15) is 0 Å². The Morgan fingerprint density at radius 3 is 2.48 bits per heavy atom. The van der Waals surface area contributed by atoms with Gasteiger partial charge in [-0.3, -0.25) is 4.79 Å². The number of aromatic nitrogens is 1. The van der Waals surface area contributed by atoms with Crippen molar-refractivity contribution in [3.63, 3.8) is 0 Å². The highest BCUT2D eigenvalue weighted by molar-refractivity contribution is 6.07. The zero-order valence-corrected chi connectivity index (χ0v) is 19.0. The molecule has 5 heteroatoms. The second-order valence-corrected chi connectivity index (χ2v) is 8.31. The highest BCUT2D eigenvalue weighted by atomic mass is 19.1. The van der Waals surface area contributed by atoms with Gasteiger partial charge in [0.15, 0.2) is 0 Å². The molecule has 0 unspecified atom stereocenters. The zero-order chi connectivity index (χ0) is 22.4. The minimum absolute atomic E-state index is 0.0877. The van der Waals surface area contributed by atoms with E-state index in [-0.39, 0.29) is 17.8 Å². The summed E-state index contributed by atoms with van der Waals surface area (Å²) in [5, 5.41) is 4.01. The number of amides is 1. The maximum absolute atomic E-state index is 13.4. The summed E-state index contributed by atoms with van der Waals surface area (Å²) in [5.74, 6) is -0.387. The first-order valence-corrected chi connectivity index (χ1v) is 11.2. The Morgan fingerprint density at radius 1 is 1.10 bits per heavy atom. The Labute approximate surface area is 184 Å². The quantitative estimate of drug-likeness (QED) is 0.544. The predicted molar refractivity (Wildman–Crippen MR) is 125 cm³/mol. The standard InChI is InChI=1S/C26H32FN3O/c1-5-30(6-2)15-7-8-19(4)28-26(31)23-17-25(20-10-12-21(27)13-11-20)29-24-14-9-18(3)16-22(23)24/h9-14,16-17,19H,5-8,15H2,1-4H3,(H,28,31)/p+1/t19-/m1/s1. The molecule has 3 rings (SSSR count). The number of hydrogen-bond acceptors (Lipinski definition) is 2. The van der Waals surface area contributed by atoms with Gasteiger partial charge < -0.3 is 10.2 Å². The molecule has 31 heavy (non-hydrogen) atoms. The van der Waals surface area contributed by atoms with Crippen LogP contribution < -0.4 is 10.2 Å². The van der Waals surface area contributed by atoms with E-state index in [2.05, 4.69) is 26.1 Å². The van der Waals surface area contributed by atoms with Crippen LogP contribution in [0.2, 0.25) is 0 Å². The fourth-order valence-corrected chi connectivity index (χ4v) is 3.93. The Bertz CT molecular complexity index is 1030. The Morgan fingerprint density at radius 2 is 1.81 bits per heavy atom. The lowest BCUT2D eigenvalue weighted by atomic mass is 10.0. The lowest BCUT2D eigenvalue weighted by Crippen LogP contribution is -3.11. The summed E-state index contributed by atoms with van der Waals surface area (Å²) >= 11 is 0. The van der Waals surface area contributed by atoms with Gasteiger partial charge in [-0.15, -0.1) is 0 Å². The largest absolute Gasteiger partial charge is 0.350 e. The second-order valence-electron chi connectivity index (χ2n) is 8.31. The van der Waals surface area contributed by atoms with Crippen molar-refractivity contribution in [2.75, 3.05) is 19.6 Å². The van der Waals surface area contributed by atoms with E-state index in [1.165, 1.54) is 12.1 Å². The van der Waals surface area contributed by atoms with Gasteiger partial charge in [0.1, 0.15) is 5.82 Å². The third-order valence-corrected chi connectivity index (χ3v) is 5.89. The fourth-order valence-electron chi connectivity index (χ4n) is 3.93. The summed E-state index contributed by atoms with van der Waals surface area (Å²) in [5.41, 5.74) is 3.89. The molecule has 0 aliphatic heterocycles. The van der Waals surface area contributed by atoms with Gasteiger partial charge in [-0.05, 0) is 83.0 Å². The van der Waals surface area contributed by atoms with Crippen molar-refractivity contribution in [1.29, 1.82) is 0 Å². The molecule has 0 saturated carbocycles. The first-order chi connectivity index (χ1) is 14.9. The summed E-state index contributed by atoms with van der Waals surface area (Å²) in [6.45, 7) is 11.9. The van der Waals surface area contributed by atoms with Crippen LogP contribution in [0.5, 0.6) is 0 Å². The highest BCUT2D eigenvalue weighted by Crippen LogP contribution is 2.26. The molecule has 164 valence electrons. The van der Waals surface area contributed by atoms with Crippen molar-refractivity contribution in [2.24, 2.45) is 0 Å². The maximum atomic E-state index is 13.4. The number of benzene rings is 2. The summed E-state index contributed by atoms with van der Waals surface area (Å²) in [7, 11) is 0. The molecule has 1 atom stereocenters. The monoisotopic (exact) mass is 422 g/mol. The van der Waals surface area contributed by atoms with Crippen molar-refractivity contribution in [3.8, 4) is 11.3 Å². The molecular weight excluding hydrogens is 389 g/mol. The topological polar surface area (TPSA) is 46.4 Å². The molecule has 0 fully saturated rings. The number of carbonyl (C=O) groups is 1. The van der Waals surface area contributed by atoms with Crippen LogP contribution in [0.25, 0.3) is 22.2 Å². The number of pyridine rings is 1. The van der Waals surface area contributed by atoms with Crippen LogP contribution in [-0.4, -0.2) is 36.6 Å². The first kappa shape index (κ1) is 22.9. The van der Waals surface area contributed by atoms with E-state index in [4.69, 9.17) is 4.98 Å². The first-order valence-electron chi connectivity index (χ1n) is 11.2. The lowest BCUT2D eigenvalue weighted by molar-refractivity contribution is -0.896. The number of rotatable bonds is 9. The van der Waals surface area contributed by atoms with Crippen molar-refractivity contribution >= 4 is 16.8 Å². The van der Waals surface area contributed by atoms with Gasteiger partial charge in [0, 0.05) is 17.0 Å². The minimum Gasteiger partial charge on any atom is -0.350 e. The van der Waals surface area contributed by atoms with Gasteiger partial charge >= 0.3 is 0 Å². The number of fused-ring (bicyclic) bond motifs is 1. The van der Waals surface area contributed by atoms with E-state index in [0.717, 1.165) is 54.5 Å². The van der Waals surface area contributed by atoms with Crippen LogP contribution in [0.3, 0.4) is 0 Å². The van der Waals surface area contributed by atoms with Crippen molar-refractivity contribution in [1.82, 2.24) is 10.3 Å². The van der Waals surface area contributed by atoms with Crippen LogP contribution in [0.1, 0.15) is 49.5 Å². The molecule has 3 aromatic rings. The molecule has 1 heterocycles. The third-order valence-electron chi connectivity index (χ3n) is 5.89. The molecule has 2 N–H and O–H groups in total. The number of nitrogens with one attached hydrogen (secondary N) is 2. The molecule has 1 amide bonds. The molecule has 0 aliphatic rings. The van der Waals surface area contributed by atoms with E-state index in [9.17, 15) is 9.18 Å². The van der Waals surface area contributed by atoms with Gasteiger partial charge in [-0.1, -0.05) is 11.6 Å². The average Bonchev–Trinajstić information content (AvgIpc) is 2.76. The fraction of sp³-hybridized carbons (Fsp3) is 0.385. The molecular formula is C26H33FN3O+. The van der Waals surface area contributed by atoms with Gasteiger partial charge in [0.05, 0.1) is 36.4 Å². The van der Waals surface area contributed by atoms with Gasteiger partial charge in [-0.25, -0.2) is 9.37 Å². The van der Waals surface area contributed by atoms with Crippen molar-refractivity contribution < 1.29 is 14.1 Å². The third kappa shape index (κ3) is 5.88. The predicted octanol–water partition coefficient (Wildman–Crippen LogP) is 4.17. The maximum Gasteiger partial charge on any atom is 0.252 e. The van der Waals surface area contributed by atoms with E-state index < -0.39 is 0 Å². The normalized spacial score (nSPS) is 12.3. The summed E-state index contributed by atoms with van der Waals surface area (Å²) in [6, 6.07) is 14.0. The van der Waals surface area contributed by atoms with Crippen LogP contribution >= 0.6 is 0 Å². The number of quaternary nitrogens is 1. The van der Waals surface area contributed by atoms with Crippen LogP contribution in [0.4, 0.5) is 4.39 Å². The summed E-state index contributed by atoms with van der Waals surface area (Å²) in [4.78, 5) is 19.5.